The van der Waals surface area contributed by atoms with Gasteiger partial charge in [0.15, 0.2) is 0 Å². The van der Waals surface area contributed by atoms with Gasteiger partial charge in [-0.3, -0.25) is 4.79 Å². The van der Waals surface area contributed by atoms with E-state index >= 15 is 0 Å². The van der Waals surface area contributed by atoms with Crippen LogP contribution < -0.4 is 10.1 Å². The summed E-state index contributed by atoms with van der Waals surface area (Å²) in [7, 11) is 1.54. The summed E-state index contributed by atoms with van der Waals surface area (Å²) >= 11 is 7.37. The highest BCUT2D eigenvalue weighted by atomic mass is 35.5. The van der Waals surface area contributed by atoms with Crippen molar-refractivity contribution in [1.29, 1.82) is 0 Å². The van der Waals surface area contributed by atoms with Crippen LogP contribution in [0, 0.1) is 0 Å². The van der Waals surface area contributed by atoms with Crippen LogP contribution in [0.5, 0.6) is 5.75 Å². The first-order valence-corrected chi connectivity index (χ1v) is 9.51. The minimum atomic E-state index is -0.368. The largest absolute Gasteiger partial charge is 0.495 e. The average Bonchev–Trinajstić information content (AvgIpc) is 2.69. The van der Waals surface area contributed by atoms with Crippen LogP contribution in [0.1, 0.15) is 6.92 Å². The number of methoxy groups -OCH3 is 1. The van der Waals surface area contributed by atoms with Crippen LogP contribution in [0.2, 0.25) is 5.02 Å². The SMILES string of the molecule is COc1ccc(Cl)cc1NC(=O)[C@H](C)Sc1cc(-c2ccccc2)ncn1. The second-order valence-electron chi connectivity index (χ2n) is 5.70. The predicted octanol–water partition coefficient (Wildman–Crippen LogP) is 4.92. The van der Waals surface area contributed by atoms with E-state index in [4.69, 9.17) is 16.3 Å². The molecule has 3 aromatic rings. The number of ether oxygens (including phenoxy) is 1. The van der Waals surface area contributed by atoms with Crippen LogP contribution in [-0.2, 0) is 4.79 Å². The zero-order valence-corrected chi connectivity index (χ0v) is 16.4. The molecule has 0 fully saturated rings. The van der Waals surface area contributed by atoms with Gasteiger partial charge in [0.25, 0.3) is 0 Å². The van der Waals surface area contributed by atoms with Crippen molar-refractivity contribution in [1.82, 2.24) is 9.97 Å². The summed E-state index contributed by atoms with van der Waals surface area (Å²) in [5.74, 6) is 0.388. The van der Waals surface area contributed by atoms with Crippen LogP contribution in [0.25, 0.3) is 11.3 Å². The van der Waals surface area contributed by atoms with Crippen LogP contribution in [0.15, 0.2) is 66.0 Å². The first-order chi connectivity index (χ1) is 13.1. The number of anilines is 1. The molecule has 0 radical (unpaired) electrons. The van der Waals surface area contributed by atoms with E-state index in [1.807, 2.05) is 43.3 Å². The summed E-state index contributed by atoms with van der Waals surface area (Å²) in [5, 5.41) is 3.74. The number of amides is 1. The molecule has 1 heterocycles. The summed E-state index contributed by atoms with van der Waals surface area (Å²) in [6.45, 7) is 1.82. The molecule has 0 saturated carbocycles. The summed E-state index contributed by atoms with van der Waals surface area (Å²) in [4.78, 5) is 21.2. The molecule has 0 spiro atoms. The molecule has 0 bridgehead atoms. The lowest BCUT2D eigenvalue weighted by Crippen LogP contribution is -2.22. The van der Waals surface area contributed by atoms with E-state index in [1.54, 1.807) is 25.3 Å². The highest BCUT2D eigenvalue weighted by Crippen LogP contribution is 2.30. The Hall–Kier alpha value is -2.57. The second-order valence-corrected chi connectivity index (χ2v) is 7.50. The fourth-order valence-corrected chi connectivity index (χ4v) is 3.41. The van der Waals surface area contributed by atoms with E-state index in [2.05, 4.69) is 15.3 Å². The van der Waals surface area contributed by atoms with E-state index in [1.165, 1.54) is 18.1 Å². The van der Waals surface area contributed by atoms with Gasteiger partial charge in [-0.05, 0) is 31.2 Å². The Labute approximate surface area is 167 Å². The molecule has 0 aliphatic carbocycles. The number of rotatable bonds is 6. The fraction of sp³-hybridized carbons (Fsp3) is 0.150. The maximum atomic E-state index is 12.6. The third kappa shape index (κ3) is 4.99. The molecule has 27 heavy (non-hydrogen) atoms. The van der Waals surface area contributed by atoms with Gasteiger partial charge in [0.1, 0.15) is 17.1 Å². The van der Waals surface area contributed by atoms with E-state index < -0.39 is 0 Å². The molecule has 1 aromatic heterocycles. The molecule has 0 aliphatic rings. The Bertz CT molecular complexity index is 938. The van der Waals surface area contributed by atoms with Crippen molar-refractivity contribution in [2.75, 3.05) is 12.4 Å². The third-order valence-electron chi connectivity index (χ3n) is 3.80. The van der Waals surface area contributed by atoms with Crippen molar-refractivity contribution in [2.45, 2.75) is 17.2 Å². The van der Waals surface area contributed by atoms with Crippen LogP contribution >= 0.6 is 23.4 Å². The normalized spacial score (nSPS) is 11.7. The molecule has 7 heteroatoms. The number of carbonyl (C=O) groups is 1. The number of carbonyl (C=O) groups excluding carboxylic acids is 1. The zero-order valence-electron chi connectivity index (χ0n) is 14.8. The average molecular weight is 400 g/mol. The lowest BCUT2D eigenvalue weighted by Gasteiger charge is -2.14. The summed E-state index contributed by atoms with van der Waals surface area (Å²) in [6, 6.07) is 16.8. The number of hydrogen-bond acceptors (Lipinski definition) is 5. The molecule has 5 nitrogen and oxygen atoms in total. The Kier molecular flexibility index (Phi) is 6.32. The van der Waals surface area contributed by atoms with E-state index in [-0.39, 0.29) is 11.2 Å². The highest BCUT2D eigenvalue weighted by molar-refractivity contribution is 8.00. The number of aromatic nitrogens is 2. The molecule has 0 saturated heterocycles. The van der Waals surface area contributed by atoms with Gasteiger partial charge in [-0.15, -0.1) is 0 Å². The van der Waals surface area contributed by atoms with Crippen LogP contribution in [0.3, 0.4) is 0 Å². The van der Waals surface area contributed by atoms with Gasteiger partial charge in [0.2, 0.25) is 5.91 Å². The topological polar surface area (TPSA) is 64.1 Å². The minimum Gasteiger partial charge on any atom is -0.495 e. The van der Waals surface area contributed by atoms with E-state index in [0.29, 0.717) is 16.5 Å². The van der Waals surface area contributed by atoms with Gasteiger partial charge in [0.05, 0.1) is 23.7 Å². The van der Waals surface area contributed by atoms with Crippen molar-refractivity contribution in [2.24, 2.45) is 0 Å². The van der Waals surface area contributed by atoms with Crippen molar-refractivity contribution in [3.8, 4) is 17.0 Å². The molecule has 1 amide bonds. The molecule has 138 valence electrons. The molecule has 0 aliphatic heterocycles. The fourth-order valence-electron chi connectivity index (χ4n) is 2.42. The molecular formula is C20H18ClN3O2S. The lowest BCUT2D eigenvalue weighted by atomic mass is 10.1. The Morgan fingerprint density at radius 1 is 1.15 bits per heavy atom. The number of halogens is 1. The maximum absolute atomic E-state index is 12.6. The van der Waals surface area contributed by atoms with Crippen LogP contribution in [0.4, 0.5) is 5.69 Å². The number of thioether (sulfide) groups is 1. The van der Waals surface area contributed by atoms with Gasteiger partial charge in [-0.25, -0.2) is 9.97 Å². The smallest absolute Gasteiger partial charge is 0.237 e. The number of nitrogens with zero attached hydrogens (tertiary/aromatic N) is 2. The lowest BCUT2D eigenvalue weighted by molar-refractivity contribution is -0.115. The molecular weight excluding hydrogens is 382 g/mol. The molecule has 3 rings (SSSR count). The molecule has 1 atom stereocenters. The zero-order chi connectivity index (χ0) is 19.2. The molecule has 1 N–H and O–H groups in total. The number of nitrogens with one attached hydrogen (secondary N) is 1. The summed E-state index contributed by atoms with van der Waals surface area (Å²) in [5.41, 5.74) is 2.36. The first-order valence-electron chi connectivity index (χ1n) is 8.25. The monoisotopic (exact) mass is 399 g/mol. The third-order valence-corrected chi connectivity index (χ3v) is 5.07. The highest BCUT2D eigenvalue weighted by Gasteiger charge is 2.18. The van der Waals surface area contributed by atoms with Crippen LogP contribution in [-0.4, -0.2) is 28.2 Å². The van der Waals surface area contributed by atoms with E-state index in [9.17, 15) is 4.79 Å². The summed E-state index contributed by atoms with van der Waals surface area (Å²) in [6.07, 6.45) is 1.51. The number of benzene rings is 2. The maximum Gasteiger partial charge on any atom is 0.237 e. The number of hydrogen-bond donors (Lipinski definition) is 1. The van der Waals surface area contributed by atoms with Crippen molar-refractivity contribution in [3.05, 3.63) is 65.9 Å². The minimum absolute atomic E-state index is 0.166. The standard InChI is InChI=1S/C20H18ClN3O2S/c1-13(20(25)24-17-10-15(21)8-9-18(17)26-2)27-19-11-16(22-12-23-19)14-6-4-3-5-7-14/h3-13H,1-2H3,(H,24,25)/t13-/m0/s1. The Morgan fingerprint density at radius 3 is 2.67 bits per heavy atom. The second kappa shape index (κ2) is 8.88. The van der Waals surface area contributed by atoms with Gasteiger partial charge in [-0.1, -0.05) is 53.7 Å². The van der Waals surface area contributed by atoms with Gasteiger partial charge < -0.3 is 10.1 Å². The van der Waals surface area contributed by atoms with Crippen molar-refractivity contribution in [3.63, 3.8) is 0 Å². The molecule has 2 aromatic carbocycles. The van der Waals surface area contributed by atoms with Crippen molar-refractivity contribution >= 4 is 35.0 Å². The first kappa shape index (κ1) is 19.2. The Morgan fingerprint density at radius 2 is 1.93 bits per heavy atom. The van der Waals surface area contributed by atoms with Crippen molar-refractivity contribution < 1.29 is 9.53 Å². The Balaban J connectivity index is 1.71. The summed E-state index contributed by atoms with van der Waals surface area (Å²) < 4.78 is 5.26. The molecule has 0 unspecified atom stereocenters. The predicted molar refractivity (Wildman–Crippen MR) is 109 cm³/mol. The van der Waals surface area contributed by atoms with Gasteiger partial charge >= 0.3 is 0 Å². The van der Waals surface area contributed by atoms with Gasteiger partial charge in [-0.2, -0.15) is 0 Å². The quantitative estimate of drug-likeness (QED) is 0.470. The van der Waals surface area contributed by atoms with E-state index in [0.717, 1.165) is 16.3 Å². The van der Waals surface area contributed by atoms with Gasteiger partial charge in [0, 0.05) is 10.6 Å².